The average Bonchev–Trinajstić information content (AvgIpc) is 3.52. The molecule has 3 rings (SSSR count). The van der Waals surface area contributed by atoms with Crippen LogP contribution in [0.2, 0.25) is 0 Å². The normalized spacial score (nSPS) is 21.4. The van der Waals surface area contributed by atoms with E-state index in [1.54, 1.807) is 12.1 Å². The van der Waals surface area contributed by atoms with Gasteiger partial charge in [0.25, 0.3) is 0 Å². The highest BCUT2D eigenvalue weighted by Crippen LogP contribution is 2.62. The third-order valence-corrected chi connectivity index (χ3v) is 7.62. The summed E-state index contributed by atoms with van der Waals surface area (Å²) in [5.41, 5.74) is 0.0906. The molecule has 2 aromatic rings. The maximum absolute atomic E-state index is 14.7. The van der Waals surface area contributed by atoms with Gasteiger partial charge in [-0.3, -0.25) is 9.59 Å². The van der Waals surface area contributed by atoms with Gasteiger partial charge in [0.1, 0.15) is 5.82 Å². The molecule has 0 spiro atoms. The quantitative estimate of drug-likeness (QED) is 0.353. The molecule has 8 heteroatoms. The van der Waals surface area contributed by atoms with Gasteiger partial charge in [0.2, 0.25) is 5.91 Å². The molecular weight excluding hydrogens is 486 g/mol. The number of anilines is 1. The molecule has 1 saturated carbocycles. The maximum atomic E-state index is 14.7. The molecular formula is C29H35F4NO3. The van der Waals surface area contributed by atoms with Crippen molar-refractivity contribution in [1.82, 2.24) is 0 Å². The monoisotopic (exact) mass is 521 g/mol. The van der Waals surface area contributed by atoms with Crippen LogP contribution in [0.25, 0.3) is 0 Å². The molecule has 1 aliphatic carbocycles. The molecule has 2 N–H and O–H groups in total. The van der Waals surface area contributed by atoms with Crippen LogP contribution in [0.3, 0.4) is 0 Å². The first kappa shape index (κ1) is 28.7. The van der Waals surface area contributed by atoms with E-state index in [1.165, 1.54) is 24.3 Å². The molecule has 0 saturated heterocycles. The van der Waals surface area contributed by atoms with Crippen LogP contribution in [0.5, 0.6) is 0 Å². The Kier molecular flexibility index (Phi) is 7.83. The van der Waals surface area contributed by atoms with E-state index in [-0.39, 0.29) is 34.9 Å². The van der Waals surface area contributed by atoms with Gasteiger partial charge < -0.3 is 10.4 Å². The van der Waals surface area contributed by atoms with E-state index in [1.807, 2.05) is 34.6 Å². The molecule has 0 bridgehead atoms. The minimum atomic E-state index is -4.65. The largest absolute Gasteiger partial charge is 0.481 e. The SMILES string of the molecule is CC(C)c1ccc([C@@H](C(=O)Nc2cc(CC3(C(=O)O)CC3C(C)(C)C)ccc2F)[C@@H](C)C(F)(F)F)cc1. The molecule has 4 nitrogen and oxygen atoms in total. The van der Waals surface area contributed by atoms with Gasteiger partial charge in [0, 0.05) is 0 Å². The van der Waals surface area contributed by atoms with Gasteiger partial charge in [-0.25, -0.2) is 4.39 Å². The van der Waals surface area contributed by atoms with Crippen molar-refractivity contribution >= 4 is 17.6 Å². The first-order valence-electron chi connectivity index (χ1n) is 12.5. The molecule has 37 heavy (non-hydrogen) atoms. The summed E-state index contributed by atoms with van der Waals surface area (Å²) in [7, 11) is 0. The topological polar surface area (TPSA) is 66.4 Å². The van der Waals surface area contributed by atoms with Crippen molar-refractivity contribution in [1.29, 1.82) is 0 Å². The van der Waals surface area contributed by atoms with Crippen molar-refractivity contribution in [2.45, 2.75) is 72.4 Å². The Bertz CT molecular complexity index is 1150. The minimum Gasteiger partial charge on any atom is -0.481 e. The molecule has 1 amide bonds. The Morgan fingerprint density at radius 2 is 1.59 bits per heavy atom. The van der Waals surface area contributed by atoms with Crippen molar-refractivity contribution in [3.05, 3.63) is 65.0 Å². The number of hydrogen-bond donors (Lipinski definition) is 2. The molecule has 202 valence electrons. The van der Waals surface area contributed by atoms with Crippen LogP contribution in [0.4, 0.5) is 23.2 Å². The standard InChI is InChI=1S/C29H35F4NO3/c1-16(2)19-8-10-20(11-9-19)24(17(3)29(31,32)33)25(35)34-22-13-18(7-12-21(22)30)14-28(26(36)37)15-23(28)27(4,5)6/h7-13,16-17,23-24H,14-15H2,1-6H3,(H,34,35)(H,36,37)/t17-,23?,24+,28?/m1/s1. The summed E-state index contributed by atoms with van der Waals surface area (Å²) in [5.74, 6) is -6.25. The number of amides is 1. The second-order valence-corrected chi connectivity index (χ2v) is 11.7. The summed E-state index contributed by atoms with van der Waals surface area (Å²) in [6, 6.07) is 10.3. The predicted molar refractivity (Wildman–Crippen MR) is 135 cm³/mol. The third-order valence-electron chi connectivity index (χ3n) is 7.62. The smallest absolute Gasteiger partial charge is 0.392 e. The van der Waals surface area contributed by atoms with Crippen molar-refractivity contribution in [2.75, 3.05) is 5.32 Å². The number of nitrogens with one attached hydrogen (secondary N) is 1. The molecule has 1 aliphatic rings. The summed E-state index contributed by atoms with van der Waals surface area (Å²) in [5, 5.41) is 12.3. The van der Waals surface area contributed by atoms with Crippen LogP contribution in [0.1, 0.15) is 76.5 Å². The number of carbonyl (C=O) groups excluding carboxylic acids is 1. The van der Waals surface area contributed by atoms with Crippen LogP contribution < -0.4 is 5.32 Å². The number of halogens is 4. The number of carboxylic acids is 1. The summed E-state index contributed by atoms with van der Waals surface area (Å²) >= 11 is 0. The van der Waals surface area contributed by atoms with Crippen LogP contribution in [-0.4, -0.2) is 23.2 Å². The molecule has 4 atom stereocenters. The van der Waals surface area contributed by atoms with Crippen LogP contribution in [0.15, 0.2) is 42.5 Å². The van der Waals surface area contributed by atoms with E-state index in [0.29, 0.717) is 12.0 Å². The molecule has 0 heterocycles. The third kappa shape index (κ3) is 6.16. The van der Waals surface area contributed by atoms with Crippen molar-refractivity contribution in [3.63, 3.8) is 0 Å². The Balaban J connectivity index is 1.90. The predicted octanol–water partition coefficient (Wildman–Crippen LogP) is 7.55. The lowest BCUT2D eigenvalue weighted by atomic mass is 9.82. The first-order valence-corrected chi connectivity index (χ1v) is 12.5. The Labute approximate surface area is 215 Å². The fourth-order valence-corrected chi connectivity index (χ4v) is 5.24. The molecule has 1 fully saturated rings. The Morgan fingerprint density at radius 3 is 2.05 bits per heavy atom. The zero-order valence-electron chi connectivity index (χ0n) is 22.0. The minimum absolute atomic E-state index is 0.0774. The van der Waals surface area contributed by atoms with Gasteiger partial charge in [-0.2, -0.15) is 13.2 Å². The van der Waals surface area contributed by atoms with Crippen molar-refractivity contribution in [3.8, 4) is 0 Å². The Hall–Kier alpha value is -2.90. The van der Waals surface area contributed by atoms with Gasteiger partial charge in [0.05, 0.1) is 22.9 Å². The highest BCUT2D eigenvalue weighted by atomic mass is 19.4. The number of aliphatic carboxylic acids is 1. The number of benzene rings is 2. The Morgan fingerprint density at radius 1 is 1.03 bits per heavy atom. The van der Waals surface area contributed by atoms with Crippen molar-refractivity contribution < 1.29 is 32.3 Å². The molecule has 0 aliphatic heterocycles. The van der Waals surface area contributed by atoms with Crippen LogP contribution in [-0.2, 0) is 16.0 Å². The summed E-state index contributed by atoms with van der Waals surface area (Å²) in [6.07, 6.45) is -4.05. The number of hydrogen-bond acceptors (Lipinski definition) is 2. The van der Waals surface area contributed by atoms with Crippen molar-refractivity contribution in [2.24, 2.45) is 22.7 Å². The molecule has 2 unspecified atom stereocenters. The molecule has 0 radical (unpaired) electrons. The number of rotatable bonds is 8. The van der Waals surface area contributed by atoms with E-state index in [0.717, 1.165) is 18.6 Å². The van der Waals surface area contributed by atoms with E-state index in [4.69, 9.17) is 0 Å². The van der Waals surface area contributed by atoms with Gasteiger partial charge >= 0.3 is 12.1 Å². The van der Waals surface area contributed by atoms with E-state index in [9.17, 15) is 32.3 Å². The fraction of sp³-hybridized carbons (Fsp3) is 0.517. The second kappa shape index (κ2) is 10.1. The molecule has 0 aromatic heterocycles. The number of carboxylic acid groups (broad SMARTS) is 1. The number of carbonyl (C=O) groups is 2. The first-order chi connectivity index (χ1) is 17.0. The summed E-state index contributed by atoms with van der Waals surface area (Å²) in [6.45, 7) is 10.7. The van der Waals surface area contributed by atoms with Gasteiger partial charge in [-0.15, -0.1) is 0 Å². The number of alkyl halides is 3. The lowest BCUT2D eigenvalue weighted by Crippen LogP contribution is -2.34. The van der Waals surface area contributed by atoms with Crippen LogP contribution in [0, 0.1) is 28.5 Å². The van der Waals surface area contributed by atoms with E-state index >= 15 is 0 Å². The highest BCUT2D eigenvalue weighted by Gasteiger charge is 2.63. The van der Waals surface area contributed by atoms with E-state index in [2.05, 4.69) is 5.32 Å². The summed E-state index contributed by atoms with van der Waals surface area (Å²) in [4.78, 5) is 25.3. The lowest BCUT2D eigenvalue weighted by Gasteiger charge is -2.26. The zero-order chi connectivity index (χ0) is 27.9. The van der Waals surface area contributed by atoms with E-state index < -0.39 is 41.1 Å². The van der Waals surface area contributed by atoms with Gasteiger partial charge in [-0.05, 0) is 58.9 Å². The maximum Gasteiger partial charge on any atom is 0.392 e. The highest BCUT2D eigenvalue weighted by molar-refractivity contribution is 5.96. The zero-order valence-corrected chi connectivity index (χ0v) is 22.0. The second-order valence-electron chi connectivity index (χ2n) is 11.7. The van der Waals surface area contributed by atoms with Crippen LogP contribution >= 0.6 is 0 Å². The fourth-order valence-electron chi connectivity index (χ4n) is 5.24. The van der Waals surface area contributed by atoms with Gasteiger partial charge in [-0.1, -0.05) is 71.9 Å². The lowest BCUT2D eigenvalue weighted by molar-refractivity contribution is -0.178. The average molecular weight is 522 g/mol. The summed E-state index contributed by atoms with van der Waals surface area (Å²) < 4.78 is 55.9. The van der Waals surface area contributed by atoms with Gasteiger partial charge in [0.15, 0.2) is 0 Å². The molecule has 2 aromatic carbocycles.